The number of Topliss-reactive ketones (excluding diaryl/α,β-unsaturated/α-hetero) is 1. The second-order valence-corrected chi connectivity index (χ2v) is 8.62. The van der Waals surface area contributed by atoms with Gasteiger partial charge in [-0.05, 0) is 47.5 Å². The van der Waals surface area contributed by atoms with E-state index in [2.05, 4.69) is 0 Å². The summed E-state index contributed by atoms with van der Waals surface area (Å²) in [6.45, 7) is 2.39. The average molecular weight is 442 g/mol. The molecule has 30 heavy (non-hydrogen) atoms. The van der Waals surface area contributed by atoms with Gasteiger partial charge in [0.1, 0.15) is 0 Å². The van der Waals surface area contributed by atoms with Crippen LogP contribution in [0.4, 0.5) is 0 Å². The summed E-state index contributed by atoms with van der Waals surface area (Å²) in [5.41, 5.74) is 0.609. The lowest BCUT2D eigenvalue weighted by Crippen LogP contribution is -2.30. The topological polar surface area (TPSA) is 87.1 Å². The van der Waals surface area contributed by atoms with Gasteiger partial charge in [-0.3, -0.25) is 9.59 Å². The van der Waals surface area contributed by atoms with Crippen LogP contribution in [0.1, 0.15) is 33.1 Å². The van der Waals surface area contributed by atoms with Crippen LogP contribution in [0.25, 0.3) is 0 Å². The Labute approximate surface area is 181 Å². The number of aliphatic hydroxyl groups excluding tert-OH is 1. The summed E-state index contributed by atoms with van der Waals surface area (Å²) in [6, 6.07) is 11.1. The first kappa shape index (κ1) is 20.2. The van der Waals surface area contributed by atoms with Crippen molar-refractivity contribution in [3.63, 3.8) is 0 Å². The molecule has 3 aromatic rings. The number of thiophene rings is 2. The van der Waals surface area contributed by atoms with Crippen molar-refractivity contribution in [1.29, 1.82) is 0 Å². The fourth-order valence-corrected chi connectivity index (χ4v) is 4.86. The number of phenols is 1. The highest BCUT2D eigenvalue weighted by atomic mass is 32.1. The van der Waals surface area contributed by atoms with Gasteiger partial charge in [0.05, 0.1) is 29.6 Å². The van der Waals surface area contributed by atoms with E-state index in [-0.39, 0.29) is 29.4 Å². The van der Waals surface area contributed by atoms with Crippen LogP contribution in [0.5, 0.6) is 11.5 Å². The summed E-state index contributed by atoms with van der Waals surface area (Å²) < 4.78 is 5.49. The number of aliphatic hydroxyl groups is 1. The lowest BCUT2D eigenvalue weighted by atomic mass is 9.95. The van der Waals surface area contributed by atoms with Crippen molar-refractivity contribution < 1.29 is 24.5 Å². The lowest BCUT2D eigenvalue weighted by molar-refractivity contribution is -0.130. The summed E-state index contributed by atoms with van der Waals surface area (Å²) in [4.78, 5) is 29.0. The van der Waals surface area contributed by atoms with Crippen molar-refractivity contribution in [2.45, 2.75) is 19.5 Å². The summed E-state index contributed by atoms with van der Waals surface area (Å²) >= 11 is 2.74. The van der Waals surface area contributed by atoms with Crippen molar-refractivity contribution in [3.05, 3.63) is 79.9 Å². The Hall–Kier alpha value is -3.10. The Morgan fingerprint density at radius 1 is 1.13 bits per heavy atom. The molecule has 1 aliphatic heterocycles. The van der Waals surface area contributed by atoms with E-state index in [0.29, 0.717) is 17.0 Å². The molecule has 8 heteroatoms. The third kappa shape index (κ3) is 3.59. The Bertz CT molecular complexity index is 1100. The number of nitrogens with zero attached hydrogens (tertiary/aromatic N) is 1. The molecule has 0 saturated carbocycles. The van der Waals surface area contributed by atoms with E-state index in [9.17, 15) is 19.8 Å². The highest BCUT2D eigenvalue weighted by Crippen LogP contribution is 2.42. The lowest BCUT2D eigenvalue weighted by Gasteiger charge is -2.26. The van der Waals surface area contributed by atoms with Crippen LogP contribution in [0, 0.1) is 0 Å². The van der Waals surface area contributed by atoms with Gasteiger partial charge in [-0.1, -0.05) is 18.2 Å². The molecular weight excluding hydrogens is 422 g/mol. The van der Waals surface area contributed by atoms with Gasteiger partial charge in [-0.2, -0.15) is 0 Å². The van der Waals surface area contributed by atoms with Gasteiger partial charge in [0.2, 0.25) is 5.78 Å². The Balaban J connectivity index is 1.82. The summed E-state index contributed by atoms with van der Waals surface area (Å²) in [6.07, 6.45) is 0. The molecule has 0 spiro atoms. The van der Waals surface area contributed by atoms with Gasteiger partial charge >= 0.3 is 0 Å². The molecule has 3 heterocycles. The molecule has 1 amide bonds. The van der Waals surface area contributed by atoms with Gasteiger partial charge in [0.15, 0.2) is 17.3 Å². The van der Waals surface area contributed by atoms with Crippen molar-refractivity contribution in [2.24, 2.45) is 0 Å². The monoisotopic (exact) mass is 441 g/mol. The van der Waals surface area contributed by atoms with E-state index in [4.69, 9.17) is 4.74 Å². The van der Waals surface area contributed by atoms with E-state index < -0.39 is 17.7 Å². The number of carbonyl (C=O) groups excluding carboxylic acids is 2. The number of ether oxygens (including phenoxy) is 1. The van der Waals surface area contributed by atoms with Crippen LogP contribution in [-0.2, 0) is 11.3 Å². The number of benzene rings is 1. The number of amides is 1. The summed E-state index contributed by atoms with van der Waals surface area (Å²) in [5.74, 6) is -1.30. The van der Waals surface area contributed by atoms with Gasteiger partial charge in [-0.25, -0.2) is 0 Å². The van der Waals surface area contributed by atoms with E-state index in [1.807, 2.05) is 17.5 Å². The minimum atomic E-state index is -0.797. The molecule has 0 bridgehead atoms. The minimum absolute atomic E-state index is 0.0333. The molecule has 154 valence electrons. The standard InChI is InChI=1S/C22H19NO5S2/c1-2-28-16-11-13(7-8-15(16)24)19-18(20(25)17-6-4-10-30-17)21(26)22(27)23(19)12-14-5-3-9-29-14/h3-11,19,24,26H,2,12H2,1H3. The van der Waals surface area contributed by atoms with Crippen LogP contribution in [0.2, 0.25) is 0 Å². The van der Waals surface area contributed by atoms with Crippen molar-refractivity contribution in [2.75, 3.05) is 6.61 Å². The van der Waals surface area contributed by atoms with Crippen LogP contribution >= 0.6 is 22.7 Å². The summed E-state index contributed by atoms with van der Waals surface area (Å²) in [7, 11) is 0. The molecule has 0 saturated heterocycles. The largest absolute Gasteiger partial charge is 0.504 e. The van der Waals surface area contributed by atoms with Gasteiger partial charge in [0, 0.05) is 4.88 Å². The molecule has 2 N–H and O–H groups in total. The summed E-state index contributed by atoms with van der Waals surface area (Å²) in [5, 5.41) is 24.4. The molecule has 1 unspecified atom stereocenters. The van der Waals surface area contributed by atoms with Crippen molar-refractivity contribution >= 4 is 34.4 Å². The predicted octanol–water partition coefficient (Wildman–Crippen LogP) is 4.69. The molecule has 1 atom stereocenters. The Morgan fingerprint density at radius 3 is 2.57 bits per heavy atom. The van der Waals surface area contributed by atoms with E-state index in [0.717, 1.165) is 4.88 Å². The number of ketones is 1. The van der Waals surface area contributed by atoms with Gasteiger partial charge < -0.3 is 19.8 Å². The maximum absolute atomic E-state index is 13.2. The number of rotatable bonds is 7. The Kier molecular flexibility index (Phi) is 5.61. The number of hydrogen-bond donors (Lipinski definition) is 2. The molecule has 2 aromatic heterocycles. The molecule has 0 radical (unpaired) electrons. The third-order valence-corrected chi connectivity index (χ3v) is 6.53. The first-order valence-corrected chi connectivity index (χ1v) is 11.1. The molecule has 1 aromatic carbocycles. The predicted molar refractivity (Wildman–Crippen MR) is 115 cm³/mol. The van der Waals surface area contributed by atoms with Gasteiger partial charge in [-0.15, -0.1) is 22.7 Å². The normalized spacial score (nSPS) is 16.4. The molecule has 6 nitrogen and oxygen atoms in total. The van der Waals surface area contributed by atoms with Crippen LogP contribution in [0.15, 0.2) is 64.6 Å². The van der Waals surface area contributed by atoms with E-state index in [1.165, 1.54) is 33.6 Å². The average Bonchev–Trinajstić information content (AvgIpc) is 3.48. The molecular formula is C22H19NO5S2. The second kappa shape index (κ2) is 8.33. The van der Waals surface area contributed by atoms with Crippen LogP contribution in [0.3, 0.4) is 0 Å². The molecule has 0 fully saturated rings. The fraction of sp³-hybridized carbons (Fsp3) is 0.182. The third-order valence-electron chi connectivity index (χ3n) is 4.80. The van der Waals surface area contributed by atoms with Crippen LogP contribution in [-0.4, -0.2) is 33.4 Å². The maximum Gasteiger partial charge on any atom is 0.290 e. The molecule has 4 rings (SSSR count). The van der Waals surface area contributed by atoms with Crippen molar-refractivity contribution in [3.8, 4) is 11.5 Å². The molecule has 1 aliphatic rings. The minimum Gasteiger partial charge on any atom is -0.504 e. The highest BCUT2D eigenvalue weighted by molar-refractivity contribution is 7.12. The SMILES string of the molecule is CCOc1cc(C2C(C(=O)c3cccs3)=C(O)C(=O)N2Cc2cccs2)ccc1O. The van der Waals surface area contributed by atoms with Gasteiger partial charge in [0.25, 0.3) is 5.91 Å². The quantitative estimate of drug-likeness (QED) is 0.519. The van der Waals surface area contributed by atoms with E-state index >= 15 is 0 Å². The fourth-order valence-electron chi connectivity index (χ4n) is 3.48. The maximum atomic E-state index is 13.2. The second-order valence-electron chi connectivity index (χ2n) is 6.64. The van der Waals surface area contributed by atoms with Crippen molar-refractivity contribution in [1.82, 2.24) is 4.90 Å². The smallest absolute Gasteiger partial charge is 0.290 e. The number of aromatic hydroxyl groups is 1. The number of hydrogen-bond acceptors (Lipinski definition) is 7. The number of phenolic OH excluding ortho intramolecular Hbond substituents is 1. The van der Waals surface area contributed by atoms with Crippen LogP contribution < -0.4 is 4.74 Å². The first-order chi connectivity index (χ1) is 14.5. The zero-order chi connectivity index (χ0) is 21.3. The zero-order valence-corrected chi connectivity index (χ0v) is 17.7. The number of carbonyl (C=O) groups is 2. The Morgan fingerprint density at radius 2 is 1.90 bits per heavy atom. The zero-order valence-electron chi connectivity index (χ0n) is 16.1. The highest BCUT2D eigenvalue weighted by Gasteiger charge is 2.44. The molecule has 0 aliphatic carbocycles. The first-order valence-electron chi connectivity index (χ1n) is 9.31. The van der Waals surface area contributed by atoms with E-state index in [1.54, 1.807) is 36.6 Å².